The average Bonchev–Trinajstić information content (AvgIpc) is 2.45. The molecular weight excluding hydrogens is 238 g/mol. The summed E-state index contributed by atoms with van der Waals surface area (Å²) < 4.78 is 5.15. The van der Waals surface area contributed by atoms with Gasteiger partial charge in [0, 0.05) is 13.7 Å². The number of aromatic nitrogens is 2. The lowest BCUT2D eigenvalue weighted by atomic mass is 9.96. The molecule has 19 heavy (non-hydrogen) atoms. The molecule has 1 aromatic heterocycles. The van der Waals surface area contributed by atoms with Gasteiger partial charge >= 0.3 is 0 Å². The summed E-state index contributed by atoms with van der Waals surface area (Å²) in [7, 11) is 3.70. The van der Waals surface area contributed by atoms with Gasteiger partial charge < -0.3 is 10.1 Å². The average molecular weight is 259 g/mol. The van der Waals surface area contributed by atoms with Crippen LogP contribution in [0.15, 0.2) is 30.5 Å². The Hall–Kier alpha value is -1.52. The fourth-order valence-corrected chi connectivity index (χ4v) is 2.32. The van der Waals surface area contributed by atoms with E-state index in [-0.39, 0.29) is 6.04 Å². The van der Waals surface area contributed by atoms with Gasteiger partial charge in [-0.3, -0.25) is 4.98 Å². The highest BCUT2D eigenvalue weighted by Gasteiger charge is 2.19. The van der Waals surface area contributed by atoms with Gasteiger partial charge in [0.15, 0.2) is 0 Å². The van der Waals surface area contributed by atoms with Gasteiger partial charge in [0.05, 0.1) is 29.0 Å². The van der Waals surface area contributed by atoms with Crippen LogP contribution >= 0.6 is 0 Å². The highest BCUT2D eigenvalue weighted by atomic mass is 16.5. The minimum absolute atomic E-state index is 0.201. The number of rotatable bonds is 6. The quantitative estimate of drug-likeness (QED) is 0.866. The predicted molar refractivity (Wildman–Crippen MR) is 77.0 cm³/mol. The van der Waals surface area contributed by atoms with Crippen molar-refractivity contribution >= 4 is 11.0 Å². The molecule has 0 amide bonds. The lowest BCUT2D eigenvalue weighted by Gasteiger charge is -2.22. The summed E-state index contributed by atoms with van der Waals surface area (Å²) in [6.45, 7) is 2.97. The Morgan fingerprint density at radius 2 is 2.00 bits per heavy atom. The summed E-state index contributed by atoms with van der Waals surface area (Å²) in [4.78, 5) is 9.19. The lowest BCUT2D eigenvalue weighted by molar-refractivity contribution is 0.171. The summed E-state index contributed by atoms with van der Waals surface area (Å²) in [5.74, 6) is 0.445. The van der Waals surface area contributed by atoms with Crippen LogP contribution in [0, 0.1) is 5.92 Å². The molecule has 0 radical (unpaired) electrons. The SMILES string of the molecule is CNC(c1cnc2ccccc2n1)C(C)CCOC. The van der Waals surface area contributed by atoms with Crippen molar-refractivity contribution in [3.63, 3.8) is 0 Å². The molecule has 0 fully saturated rings. The van der Waals surface area contributed by atoms with Crippen LogP contribution in [0.25, 0.3) is 11.0 Å². The summed E-state index contributed by atoms with van der Waals surface area (Å²) in [6, 6.07) is 8.15. The predicted octanol–water partition coefficient (Wildman–Crippen LogP) is 2.56. The molecule has 2 atom stereocenters. The first kappa shape index (κ1) is 13.9. The van der Waals surface area contributed by atoms with E-state index in [0.717, 1.165) is 29.8 Å². The van der Waals surface area contributed by atoms with Crippen molar-refractivity contribution in [1.29, 1.82) is 0 Å². The van der Waals surface area contributed by atoms with Gasteiger partial charge in [-0.05, 0) is 31.5 Å². The third-order valence-electron chi connectivity index (χ3n) is 3.44. The summed E-state index contributed by atoms with van der Waals surface area (Å²) in [5.41, 5.74) is 2.87. The van der Waals surface area contributed by atoms with Crippen LogP contribution < -0.4 is 5.32 Å². The molecule has 1 heterocycles. The Bertz CT molecular complexity index is 530. The Kier molecular flexibility index (Phi) is 4.82. The minimum atomic E-state index is 0.201. The Balaban J connectivity index is 2.24. The van der Waals surface area contributed by atoms with Crippen molar-refractivity contribution < 1.29 is 4.74 Å². The van der Waals surface area contributed by atoms with Gasteiger partial charge in [-0.1, -0.05) is 19.1 Å². The number of nitrogens with one attached hydrogen (secondary N) is 1. The zero-order chi connectivity index (χ0) is 13.7. The number of fused-ring (bicyclic) bond motifs is 1. The molecule has 4 nitrogen and oxygen atoms in total. The molecule has 0 spiro atoms. The van der Waals surface area contributed by atoms with Gasteiger partial charge in [-0.15, -0.1) is 0 Å². The van der Waals surface area contributed by atoms with Crippen molar-refractivity contribution in [2.24, 2.45) is 5.92 Å². The molecule has 0 aliphatic carbocycles. The number of benzene rings is 1. The second kappa shape index (κ2) is 6.59. The molecule has 0 bridgehead atoms. The van der Waals surface area contributed by atoms with Crippen molar-refractivity contribution in [2.75, 3.05) is 20.8 Å². The van der Waals surface area contributed by atoms with E-state index in [1.807, 2.05) is 37.5 Å². The van der Waals surface area contributed by atoms with Crippen molar-refractivity contribution in [3.05, 3.63) is 36.2 Å². The fraction of sp³-hybridized carbons (Fsp3) is 0.467. The maximum atomic E-state index is 5.15. The molecule has 2 rings (SSSR count). The number of hydrogen-bond donors (Lipinski definition) is 1. The van der Waals surface area contributed by atoms with E-state index in [4.69, 9.17) is 9.72 Å². The molecule has 1 aromatic carbocycles. The topological polar surface area (TPSA) is 47.0 Å². The number of nitrogens with zero attached hydrogens (tertiary/aromatic N) is 2. The molecule has 2 aromatic rings. The van der Waals surface area contributed by atoms with Crippen LogP contribution in [0.1, 0.15) is 25.1 Å². The maximum Gasteiger partial charge on any atom is 0.0890 e. The Morgan fingerprint density at radius 3 is 2.68 bits per heavy atom. The van der Waals surface area contributed by atoms with Crippen LogP contribution in [-0.2, 0) is 4.74 Å². The minimum Gasteiger partial charge on any atom is -0.385 e. The normalized spacial score (nSPS) is 14.5. The highest BCUT2D eigenvalue weighted by Crippen LogP contribution is 2.23. The van der Waals surface area contributed by atoms with E-state index in [2.05, 4.69) is 17.2 Å². The van der Waals surface area contributed by atoms with Gasteiger partial charge in [0.1, 0.15) is 0 Å². The highest BCUT2D eigenvalue weighted by molar-refractivity contribution is 5.73. The molecule has 102 valence electrons. The maximum absolute atomic E-state index is 5.15. The molecule has 0 aliphatic rings. The largest absolute Gasteiger partial charge is 0.385 e. The zero-order valence-corrected chi connectivity index (χ0v) is 11.8. The standard InChI is InChI=1S/C15H21N3O/c1-11(8-9-19-3)15(16-2)14-10-17-12-6-4-5-7-13(12)18-14/h4-7,10-11,15-16H,8-9H2,1-3H3. The van der Waals surface area contributed by atoms with E-state index in [0.29, 0.717) is 5.92 Å². The van der Waals surface area contributed by atoms with Crippen LogP contribution in [-0.4, -0.2) is 30.7 Å². The van der Waals surface area contributed by atoms with E-state index in [9.17, 15) is 0 Å². The number of para-hydroxylation sites is 2. The third-order valence-corrected chi connectivity index (χ3v) is 3.44. The van der Waals surface area contributed by atoms with Gasteiger partial charge in [-0.25, -0.2) is 4.98 Å². The van der Waals surface area contributed by atoms with E-state index < -0.39 is 0 Å². The lowest BCUT2D eigenvalue weighted by Crippen LogP contribution is -2.25. The van der Waals surface area contributed by atoms with E-state index in [1.165, 1.54) is 0 Å². The Morgan fingerprint density at radius 1 is 1.26 bits per heavy atom. The monoisotopic (exact) mass is 259 g/mol. The first-order valence-electron chi connectivity index (χ1n) is 6.64. The smallest absolute Gasteiger partial charge is 0.0890 e. The van der Waals surface area contributed by atoms with Crippen LogP contribution in [0.5, 0.6) is 0 Å². The van der Waals surface area contributed by atoms with E-state index >= 15 is 0 Å². The number of methoxy groups -OCH3 is 1. The molecule has 0 saturated heterocycles. The van der Waals surface area contributed by atoms with Gasteiger partial charge in [-0.2, -0.15) is 0 Å². The fourth-order valence-electron chi connectivity index (χ4n) is 2.32. The van der Waals surface area contributed by atoms with Crippen molar-refractivity contribution in [3.8, 4) is 0 Å². The molecule has 0 aliphatic heterocycles. The van der Waals surface area contributed by atoms with Crippen LogP contribution in [0.2, 0.25) is 0 Å². The van der Waals surface area contributed by atoms with Crippen molar-refractivity contribution in [2.45, 2.75) is 19.4 Å². The molecule has 2 unspecified atom stereocenters. The molecular formula is C15H21N3O. The van der Waals surface area contributed by atoms with Crippen LogP contribution in [0.4, 0.5) is 0 Å². The molecule has 1 N–H and O–H groups in total. The summed E-state index contributed by atoms with van der Waals surface area (Å²) in [6.07, 6.45) is 2.86. The number of ether oxygens (including phenoxy) is 1. The van der Waals surface area contributed by atoms with Crippen molar-refractivity contribution in [1.82, 2.24) is 15.3 Å². The van der Waals surface area contributed by atoms with Gasteiger partial charge in [0.25, 0.3) is 0 Å². The Labute approximate surface area is 114 Å². The first-order chi connectivity index (χ1) is 9.26. The molecule has 4 heteroatoms. The summed E-state index contributed by atoms with van der Waals surface area (Å²) in [5, 5.41) is 3.33. The first-order valence-corrected chi connectivity index (χ1v) is 6.64. The number of hydrogen-bond acceptors (Lipinski definition) is 4. The molecule has 0 saturated carbocycles. The van der Waals surface area contributed by atoms with E-state index in [1.54, 1.807) is 7.11 Å². The van der Waals surface area contributed by atoms with Gasteiger partial charge in [0.2, 0.25) is 0 Å². The second-order valence-electron chi connectivity index (χ2n) is 4.81. The second-order valence-corrected chi connectivity index (χ2v) is 4.81. The summed E-state index contributed by atoms with van der Waals surface area (Å²) >= 11 is 0. The van der Waals surface area contributed by atoms with Crippen LogP contribution in [0.3, 0.4) is 0 Å². The third kappa shape index (κ3) is 3.28. The zero-order valence-electron chi connectivity index (χ0n) is 11.8.